The molecule has 132 valence electrons. The van der Waals surface area contributed by atoms with Crippen LogP contribution in [0.15, 0.2) is 47.7 Å². The molecule has 1 aliphatic carbocycles. The van der Waals surface area contributed by atoms with Gasteiger partial charge >= 0.3 is 5.97 Å². The number of amides is 1. The number of benzene rings is 1. The fourth-order valence-electron chi connectivity index (χ4n) is 3.90. The zero-order valence-electron chi connectivity index (χ0n) is 14.5. The van der Waals surface area contributed by atoms with E-state index in [0.29, 0.717) is 18.0 Å². The Morgan fingerprint density at radius 3 is 2.96 bits per heavy atom. The van der Waals surface area contributed by atoms with E-state index < -0.39 is 0 Å². The standard InChI is InChI=1S/C20H22ClNO3/c1-20-10-4-6-15(8-9-18(24)25-2)19(20)22(17(23)12-20)13-14-5-3-7-16(21)11-14/h3,5,7-9,11H,4,6,10,12-13H2,1-2H3. The first-order valence-electron chi connectivity index (χ1n) is 8.47. The average molecular weight is 360 g/mol. The number of esters is 1. The van der Waals surface area contributed by atoms with Crippen LogP contribution in [-0.2, 0) is 20.9 Å². The molecule has 1 heterocycles. The van der Waals surface area contributed by atoms with Crippen molar-refractivity contribution in [2.45, 2.75) is 39.2 Å². The average Bonchev–Trinajstić information content (AvgIpc) is 2.83. The molecule has 4 nitrogen and oxygen atoms in total. The number of hydrogen-bond acceptors (Lipinski definition) is 3. The highest BCUT2D eigenvalue weighted by atomic mass is 35.5. The van der Waals surface area contributed by atoms with Crippen molar-refractivity contribution in [1.82, 2.24) is 4.90 Å². The monoisotopic (exact) mass is 359 g/mol. The molecule has 0 spiro atoms. The number of fused-ring (bicyclic) bond motifs is 1. The van der Waals surface area contributed by atoms with Crippen LogP contribution in [0.25, 0.3) is 0 Å². The summed E-state index contributed by atoms with van der Waals surface area (Å²) in [5.74, 6) is -0.255. The van der Waals surface area contributed by atoms with Gasteiger partial charge in [0.05, 0.1) is 13.7 Å². The molecule has 1 aromatic rings. The van der Waals surface area contributed by atoms with Crippen molar-refractivity contribution in [2.24, 2.45) is 5.41 Å². The molecule has 0 saturated carbocycles. The number of carbonyl (C=O) groups excluding carboxylic acids is 2. The third-order valence-corrected chi connectivity index (χ3v) is 5.25. The first kappa shape index (κ1) is 17.7. The minimum atomic E-state index is -0.383. The largest absolute Gasteiger partial charge is 0.466 e. The van der Waals surface area contributed by atoms with Gasteiger partial charge in [0.25, 0.3) is 0 Å². The van der Waals surface area contributed by atoms with Gasteiger partial charge in [0.15, 0.2) is 0 Å². The van der Waals surface area contributed by atoms with Crippen molar-refractivity contribution in [1.29, 1.82) is 0 Å². The fourth-order valence-corrected chi connectivity index (χ4v) is 4.12. The van der Waals surface area contributed by atoms with E-state index in [1.807, 2.05) is 35.2 Å². The van der Waals surface area contributed by atoms with Crippen molar-refractivity contribution in [3.63, 3.8) is 0 Å². The van der Waals surface area contributed by atoms with Gasteiger partial charge in [-0.25, -0.2) is 4.79 Å². The van der Waals surface area contributed by atoms with E-state index in [2.05, 4.69) is 6.92 Å². The molecule has 1 amide bonds. The molecule has 0 bridgehead atoms. The minimum absolute atomic E-state index is 0.128. The van der Waals surface area contributed by atoms with E-state index in [1.165, 1.54) is 13.2 Å². The second-order valence-corrected chi connectivity index (χ2v) is 7.37. The molecular formula is C20H22ClNO3. The Morgan fingerprint density at radius 1 is 1.44 bits per heavy atom. The number of halogens is 1. The molecular weight excluding hydrogens is 338 g/mol. The summed E-state index contributed by atoms with van der Waals surface area (Å²) >= 11 is 6.08. The summed E-state index contributed by atoms with van der Waals surface area (Å²) in [7, 11) is 1.36. The number of rotatable bonds is 4. The van der Waals surface area contributed by atoms with Gasteiger partial charge in [0.1, 0.15) is 0 Å². The van der Waals surface area contributed by atoms with Gasteiger partial charge < -0.3 is 9.64 Å². The maximum atomic E-state index is 12.7. The van der Waals surface area contributed by atoms with Crippen LogP contribution in [0.5, 0.6) is 0 Å². The molecule has 5 heteroatoms. The highest BCUT2D eigenvalue weighted by molar-refractivity contribution is 6.30. The number of likely N-dealkylation sites (tertiary alicyclic amines) is 1. The number of allylic oxidation sites excluding steroid dienone is 3. The number of hydrogen-bond donors (Lipinski definition) is 0. The third-order valence-electron chi connectivity index (χ3n) is 5.01. The Hall–Kier alpha value is -2.07. The zero-order valence-corrected chi connectivity index (χ0v) is 15.3. The van der Waals surface area contributed by atoms with E-state index in [1.54, 1.807) is 0 Å². The maximum absolute atomic E-state index is 12.7. The number of methoxy groups -OCH3 is 1. The number of nitrogens with zero attached hydrogens (tertiary/aromatic N) is 1. The highest BCUT2D eigenvalue weighted by Crippen LogP contribution is 2.50. The Bertz CT molecular complexity index is 768. The highest BCUT2D eigenvalue weighted by Gasteiger charge is 2.46. The number of carbonyl (C=O) groups is 2. The molecule has 1 unspecified atom stereocenters. The van der Waals surface area contributed by atoms with Crippen molar-refractivity contribution in [3.8, 4) is 0 Å². The molecule has 0 N–H and O–H groups in total. The lowest BCUT2D eigenvalue weighted by Gasteiger charge is -2.34. The molecule has 1 aliphatic heterocycles. The normalized spacial score (nSPS) is 23.3. The summed E-state index contributed by atoms with van der Waals surface area (Å²) in [5, 5.41) is 0.662. The van der Waals surface area contributed by atoms with E-state index in [-0.39, 0.29) is 17.3 Å². The molecule has 3 rings (SSSR count). The van der Waals surface area contributed by atoms with Crippen LogP contribution >= 0.6 is 11.6 Å². The molecule has 0 radical (unpaired) electrons. The molecule has 0 aromatic heterocycles. The van der Waals surface area contributed by atoms with Crippen LogP contribution in [0.1, 0.15) is 38.2 Å². The quantitative estimate of drug-likeness (QED) is 0.596. The van der Waals surface area contributed by atoms with Gasteiger partial charge in [-0.05, 0) is 42.5 Å². The molecule has 2 aliphatic rings. The van der Waals surface area contributed by atoms with Crippen molar-refractivity contribution >= 4 is 23.5 Å². The predicted molar refractivity (Wildman–Crippen MR) is 96.8 cm³/mol. The Morgan fingerprint density at radius 2 is 2.24 bits per heavy atom. The van der Waals surface area contributed by atoms with Crippen LogP contribution in [0.4, 0.5) is 0 Å². The second-order valence-electron chi connectivity index (χ2n) is 6.93. The molecule has 1 saturated heterocycles. The zero-order chi connectivity index (χ0) is 18.0. The van der Waals surface area contributed by atoms with Crippen molar-refractivity contribution in [2.75, 3.05) is 7.11 Å². The lowest BCUT2D eigenvalue weighted by molar-refractivity contribution is -0.134. The van der Waals surface area contributed by atoms with Crippen LogP contribution in [0.3, 0.4) is 0 Å². The Kier molecular flexibility index (Phi) is 5.00. The fraction of sp³-hybridized carbons (Fsp3) is 0.400. The molecule has 1 atom stereocenters. The smallest absolute Gasteiger partial charge is 0.330 e. The number of ether oxygens (including phenoxy) is 1. The Labute approximate surface area is 153 Å². The van der Waals surface area contributed by atoms with Gasteiger partial charge in [0.2, 0.25) is 5.91 Å². The molecule has 1 fully saturated rings. The summed E-state index contributed by atoms with van der Waals surface area (Å²) < 4.78 is 4.69. The van der Waals surface area contributed by atoms with Gasteiger partial charge in [-0.15, -0.1) is 0 Å². The van der Waals surface area contributed by atoms with E-state index in [4.69, 9.17) is 16.3 Å². The topological polar surface area (TPSA) is 46.6 Å². The summed E-state index contributed by atoms with van der Waals surface area (Å²) in [6.45, 7) is 2.64. The summed E-state index contributed by atoms with van der Waals surface area (Å²) in [6, 6.07) is 7.58. The van der Waals surface area contributed by atoms with Gasteiger partial charge in [0, 0.05) is 28.6 Å². The van der Waals surface area contributed by atoms with Gasteiger partial charge in [-0.1, -0.05) is 36.7 Å². The predicted octanol–water partition coefficient (Wildman–Crippen LogP) is 4.25. The first-order valence-corrected chi connectivity index (χ1v) is 8.85. The van der Waals surface area contributed by atoms with E-state index in [9.17, 15) is 9.59 Å². The summed E-state index contributed by atoms with van der Waals surface area (Å²) in [4.78, 5) is 26.1. The van der Waals surface area contributed by atoms with Crippen molar-refractivity contribution < 1.29 is 14.3 Å². The first-order chi connectivity index (χ1) is 11.9. The van der Waals surface area contributed by atoms with Crippen LogP contribution in [-0.4, -0.2) is 23.9 Å². The maximum Gasteiger partial charge on any atom is 0.330 e. The van der Waals surface area contributed by atoms with Gasteiger partial charge in [-0.3, -0.25) is 4.79 Å². The van der Waals surface area contributed by atoms with Crippen LogP contribution in [0.2, 0.25) is 5.02 Å². The lowest BCUT2D eigenvalue weighted by Crippen LogP contribution is -2.28. The van der Waals surface area contributed by atoms with Crippen molar-refractivity contribution in [3.05, 3.63) is 58.3 Å². The minimum Gasteiger partial charge on any atom is -0.466 e. The third kappa shape index (κ3) is 3.64. The SMILES string of the molecule is COC(=O)C=CC1=C2N(Cc3cccc(Cl)c3)C(=O)CC2(C)CCC1. The van der Waals surface area contributed by atoms with Crippen LogP contribution in [0, 0.1) is 5.41 Å². The van der Waals surface area contributed by atoms with Gasteiger partial charge in [-0.2, -0.15) is 0 Å². The molecule has 1 aromatic carbocycles. The second kappa shape index (κ2) is 7.04. The van der Waals surface area contributed by atoms with Crippen LogP contribution < -0.4 is 0 Å². The lowest BCUT2D eigenvalue weighted by atomic mass is 9.74. The summed E-state index contributed by atoms with van der Waals surface area (Å²) in [5.41, 5.74) is 2.93. The summed E-state index contributed by atoms with van der Waals surface area (Å²) in [6.07, 6.45) is 6.61. The van der Waals surface area contributed by atoms with E-state index in [0.717, 1.165) is 36.1 Å². The molecule has 25 heavy (non-hydrogen) atoms. The van der Waals surface area contributed by atoms with E-state index >= 15 is 0 Å². The Balaban J connectivity index is 1.98.